The topological polar surface area (TPSA) is 110 Å². The number of aryl methyl sites for hydroxylation is 1. The van der Waals surface area contributed by atoms with Crippen LogP contribution in [0.25, 0.3) is 10.1 Å². The van der Waals surface area contributed by atoms with Gasteiger partial charge in [-0.15, -0.1) is 11.3 Å². The fourth-order valence-corrected chi connectivity index (χ4v) is 4.47. The maximum atomic E-state index is 14.2. The molecule has 0 unspecified atom stereocenters. The molecule has 1 aromatic heterocycles. The fraction of sp³-hybridized carbons (Fsp3) is 0.400. The molecule has 0 saturated heterocycles. The molecule has 4 N–H and O–H groups in total. The average Bonchev–Trinajstić information content (AvgIpc) is 2.87. The molecule has 156 valence electrons. The largest absolute Gasteiger partial charge is 0.492 e. The molecule has 2 rings (SSSR count). The molecule has 0 spiro atoms. The summed E-state index contributed by atoms with van der Waals surface area (Å²) < 4.78 is 81.5. The van der Waals surface area contributed by atoms with Crippen molar-refractivity contribution in [3.63, 3.8) is 0 Å². The second kappa shape index (κ2) is 7.58. The molecule has 0 aliphatic carbocycles. The molecule has 28 heavy (non-hydrogen) atoms. The number of benzene rings is 1. The summed E-state index contributed by atoms with van der Waals surface area (Å²) in [7, 11) is -5.84. The molecule has 0 bridgehead atoms. The Kier molecular flexibility index (Phi) is 6.10. The molecule has 0 aliphatic heterocycles. The van der Waals surface area contributed by atoms with E-state index in [0.29, 0.717) is 11.3 Å². The molecule has 0 saturated carbocycles. The normalized spacial score (nSPS) is 13.1. The van der Waals surface area contributed by atoms with Crippen LogP contribution in [0.1, 0.15) is 33.6 Å². The Labute approximate surface area is 159 Å². The zero-order chi connectivity index (χ0) is 21.5. The zero-order valence-electron chi connectivity index (χ0n) is 14.2. The van der Waals surface area contributed by atoms with Crippen LogP contribution in [0.15, 0.2) is 12.1 Å². The molecular formula is C15H15F5NO5PS. The number of thiophene rings is 1. The molecule has 0 fully saturated rings. The van der Waals surface area contributed by atoms with Crippen molar-refractivity contribution in [1.29, 1.82) is 0 Å². The summed E-state index contributed by atoms with van der Waals surface area (Å²) in [6, 6.07) is 2.25. The highest BCUT2D eigenvalue weighted by Crippen LogP contribution is 2.62. The van der Waals surface area contributed by atoms with Crippen molar-refractivity contribution in [2.75, 3.05) is 6.61 Å². The van der Waals surface area contributed by atoms with Crippen molar-refractivity contribution in [3.05, 3.63) is 28.1 Å². The van der Waals surface area contributed by atoms with E-state index in [4.69, 9.17) is 20.3 Å². The highest BCUT2D eigenvalue weighted by Gasteiger charge is 2.52. The Hall–Kier alpha value is -1.75. The van der Waals surface area contributed by atoms with Crippen molar-refractivity contribution in [1.82, 2.24) is 0 Å². The number of alkyl halides is 5. The minimum absolute atomic E-state index is 0.0117. The summed E-state index contributed by atoms with van der Waals surface area (Å²) in [6.45, 7) is 0.758. The molecule has 2 aromatic rings. The summed E-state index contributed by atoms with van der Waals surface area (Å²) in [5.41, 5.74) is 0.355. The first kappa shape index (κ1) is 22.5. The van der Waals surface area contributed by atoms with Crippen molar-refractivity contribution in [2.24, 2.45) is 5.73 Å². The highest BCUT2D eigenvalue weighted by molar-refractivity contribution is 7.53. The first-order chi connectivity index (χ1) is 12.6. The summed E-state index contributed by atoms with van der Waals surface area (Å²) in [5.74, 6) is -1.11. The number of carbonyl (C=O) groups excluding carboxylic acids is 1. The van der Waals surface area contributed by atoms with Crippen LogP contribution in [0.4, 0.5) is 22.0 Å². The van der Waals surface area contributed by atoms with Gasteiger partial charge in [-0.2, -0.15) is 22.0 Å². The molecule has 0 aliphatic rings. The monoisotopic (exact) mass is 447 g/mol. The fourth-order valence-electron chi connectivity index (χ4n) is 2.41. The van der Waals surface area contributed by atoms with Crippen LogP contribution in [0, 0.1) is 6.92 Å². The lowest BCUT2D eigenvalue weighted by molar-refractivity contribution is -0.136. The third kappa shape index (κ3) is 4.62. The number of hydrogen-bond donors (Lipinski definition) is 3. The zero-order valence-corrected chi connectivity index (χ0v) is 15.9. The number of nitrogens with two attached hydrogens (primary N) is 1. The van der Waals surface area contributed by atoms with Crippen LogP contribution >= 0.6 is 18.9 Å². The highest BCUT2D eigenvalue weighted by atomic mass is 32.1. The van der Waals surface area contributed by atoms with Gasteiger partial charge in [0.05, 0.1) is 16.2 Å². The number of fused-ring (bicyclic) bond motifs is 1. The van der Waals surface area contributed by atoms with Crippen LogP contribution in [-0.2, 0) is 10.2 Å². The molecule has 1 aromatic carbocycles. The van der Waals surface area contributed by atoms with Crippen LogP contribution in [0.5, 0.6) is 5.75 Å². The van der Waals surface area contributed by atoms with Crippen LogP contribution in [0.2, 0.25) is 0 Å². The van der Waals surface area contributed by atoms with Crippen LogP contribution in [0.3, 0.4) is 0 Å². The van der Waals surface area contributed by atoms with E-state index in [0.717, 1.165) is 12.1 Å². The van der Waals surface area contributed by atoms with Gasteiger partial charge in [-0.05, 0) is 31.0 Å². The summed E-state index contributed by atoms with van der Waals surface area (Å²) in [6.07, 6.45) is -5.94. The van der Waals surface area contributed by atoms with E-state index in [1.54, 1.807) is 0 Å². The van der Waals surface area contributed by atoms with Crippen LogP contribution in [-0.4, -0.2) is 28.5 Å². The Morgan fingerprint density at radius 1 is 1.25 bits per heavy atom. The van der Waals surface area contributed by atoms with Crippen molar-refractivity contribution in [3.8, 4) is 5.75 Å². The summed E-state index contributed by atoms with van der Waals surface area (Å²) in [4.78, 5) is 28.5. The second-order valence-electron chi connectivity index (χ2n) is 5.92. The molecule has 1 amide bonds. The van der Waals surface area contributed by atoms with Crippen molar-refractivity contribution >= 4 is 34.9 Å². The van der Waals surface area contributed by atoms with E-state index in [1.165, 1.54) is 6.92 Å². The van der Waals surface area contributed by atoms with Gasteiger partial charge < -0.3 is 20.3 Å². The lowest BCUT2D eigenvalue weighted by atomic mass is 10.1. The maximum absolute atomic E-state index is 14.2. The van der Waals surface area contributed by atoms with Crippen molar-refractivity contribution in [2.45, 2.75) is 31.6 Å². The number of ether oxygens (including phenoxy) is 1. The number of rotatable bonds is 7. The standard InChI is InChI=1S/C15H15F5NO5PS/c1-7-9-5-8(13(21)22)6-10(26-4-2-3-14(16,17)18)11(9)28-12(7)15(19,20)27(23,24)25/h5-6H,2-4H2,1H3,(H2,21,22)(H2,23,24,25). The number of carbonyl (C=O) groups is 1. The minimum Gasteiger partial charge on any atom is -0.492 e. The van der Waals surface area contributed by atoms with E-state index in [1.807, 2.05) is 0 Å². The summed E-state index contributed by atoms with van der Waals surface area (Å²) >= 11 is 0.327. The lowest BCUT2D eigenvalue weighted by Crippen LogP contribution is -2.13. The van der Waals surface area contributed by atoms with Gasteiger partial charge in [0.15, 0.2) is 0 Å². The Bertz CT molecular complexity index is 952. The third-order valence-corrected chi connectivity index (χ3v) is 6.29. The lowest BCUT2D eigenvalue weighted by Gasteiger charge is -2.16. The molecular weight excluding hydrogens is 432 g/mol. The Morgan fingerprint density at radius 2 is 1.86 bits per heavy atom. The number of halogens is 5. The predicted molar refractivity (Wildman–Crippen MR) is 91.8 cm³/mol. The van der Waals surface area contributed by atoms with Gasteiger partial charge in [-0.25, -0.2) is 0 Å². The quantitative estimate of drug-likeness (QED) is 0.334. The minimum atomic E-state index is -5.84. The van der Waals surface area contributed by atoms with Gasteiger partial charge in [0, 0.05) is 17.4 Å². The van der Waals surface area contributed by atoms with Gasteiger partial charge in [-0.1, -0.05) is 0 Å². The van der Waals surface area contributed by atoms with E-state index < -0.39 is 49.7 Å². The maximum Gasteiger partial charge on any atom is 0.400 e. The second-order valence-corrected chi connectivity index (χ2v) is 8.59. The number of amides is 1. The molecule has 0 atom stereocenters. The summed E-state index contributed by atoms with van der Waals surface area (Å²) in [5, 5.41) is 0.0373. The number of hydrogen-bond acceptors (Lipinski definition) is 4. The third-order valence-electron chi connectivity index (χ3n) is 3.79. The average molecular weight is 447 g/mol. The SMILES string of the molecule is Cc1c(C(F)(F)P(=O)(O)O)sc2c(OCCCC(F)(F)F)cc(C(N)=O)cc12. The first-order valence-corrected chi connectivity index (χ1v) is 10.1. The van der Waals surface area contributed by atoms with Gasteiger partial charge in [0.25, 0.3) is 0 Å². The van der Waals surface area contributed by atoms with Gasteiger partial charge in [0.1, 0.15) is 5.75 Å². The smallest absolute Gasteiger partial charge is 0.400 e. The van der Waals surface area contributed by atoms with Gasteiger partial charge in [0.2, 0.25) is 5.91 Å². The van der Waals surface area contributed by atoms with Crippen LogP contribution < -0.4 is 10.5 Å². The van der Waals surface area contributed by atoms with Gasteiger partial charge in [-0.3, -0.25) is 9.36 Å². The van der Waals surface area contributed by atoms with E-state index in [2.05, 4.69) is 0 Å². The Balaban J connectivity index is 2.52. The molecule has 6 nitrogen and oxygen atoms in total. The van der Waals surface area contributed by atoms with Crippen molar-refractivity contribution < 1.29 is 45.8 Å². The van der Waals surface area contributed by atoms with E-state index >= 15 is 0 Å². The predicted octanol–water partition coefficient (Wildman–Crippen LogP) is 4.26. The molecule has 0 radical (unpaired) electrons. The molecule has 13 heteroatoms. The molecule has 1 heterocycles. The van der Waals surface area contributed by atoms with Gasteiger partial charge >= 0.3 is 19.4 Å². The first-order valence-electron chi connectivity index (χ1n) is 7.65. The number of primary amides is 1. The Morgan fingerprint density at radius 3 is 2.36 bits per heavy atom. The van der Waals surface area contributed by atoms with E-state index in [-0.39, 0.29) is 27.0 Å². The van der Waals surface area contributed by atoms with E-state index in [9.17, 15) is 31.3 Å².